The van der Waals surface area contributed by atoms with Gasteiger partial charge in [0.05, 0.1) is 6.42 Å². The van der Waals surface area contributed by atoms with E-state index in [1.54, 1.807) is 0 Å². The SMILES string of the molecule is NC(=O)C=C1CC(=O)NC1=O. The van der Waals surface area contributed by atoms with E-state index in [9.17, 15) is 14.4 Å². The maximum absolute atomic E-state index is 10.7. The number of rotatable bonds is 1. The molecule has 1 saturated heterocycles. The second-order valence-corrected chi connectivity index (χ2v) is 2.13. The van der Waals surface area contributed by atoms with Crippen molar-refractivity contribution in [2.45, 2.75) is 6.42 Å². The topological polar surface area (TPSA) is 89.3 Å². The number of carbonyl (C=O) groups excluding carboxylic acids is 3. The summed E-state index contributed by atoms with van der Waals surface area (Å²) in [4.78, 5) is 31.5. The molecule has 5 heteroatoms. The summed E-state index contributed by atoms with van der Waals surface area (Å²) in [5.41, 5.74) is 4.90. The lowest BCUT2D eigenvalue weighted by Crippen LogP contribution is -2.20. The second kappa shape index (κ2) is 2.53. The summed E-state index contributed by atoms with van der Waals surface area (Å²) < 4.78 is 0. The van der Waals surface area contributed by atoms with E-state index < -0.39 is 17.7 Å². The van der Waals surface area contributed by atoms with Crippen LogP contribution < -0.4 is 11.1 Å². The molecule has 0 spiro atoms. The van der Waals surface area contributed by atoms with Crippen molar-refractivity contribution in [3.05, 3.63) is 11.6 Å². The first kappa shape index (κ1) is 7.46. The third kappa shape index (κ3) is 1.64. The molecule has 58 valence electrons. The van der Waals surface area contributed by atoms with Crippen LogP contribution in [0.2, 0.25) is 0 Å². The van der Waals surface area contributed by atoms with Gasteiger partial charge in [-0.25, -0.2) is 0 Å². The largest absolute Gasteiger partial charge is 0.366 e. The molecule has 3 N–H and O–H groups in total. The van der Waals surface area contributed by atoms with Crippen molar-refractivity contribution in [3.63, 3.8) is 0 Å². The van der Waals surface area contributed by atoms with Crippen molar-refractivity contribution >= 4 is 17.7 Å². The smallest absolute Gasteiger partial charge is 0.254 e. The molecule has 1 aliphatic heterocycles. The summed E-state index contributed by atoms with van der Waals surface area (Å²) in [7, 11) is 0. The van der Waals surface area contributed by atoms with Crippen LogP contribution in [0.4, 0.5) is 0 Å². The van der Waals surface area contributed by atoms with Crippen LogP contribution in [0.5, 0.6) is 0 Å². The minimum absolute atomic E-state index is 0.0538. The highest BCUT2D eigenvalue weighted by atomic mass is 16.2. The van der Waals surface area contributed by atoms with Gasteiger partial charge in [0.15, 0.2) is 0 Å². The van der Waals surface area contributed by atoms with E-state index in [2.05, 4.69) is 0 Å². The van der Waals surface area contributed by atoms with Crippen molar-refractivity contribution < 1.29 is 14.4 Å². The number of carbonyl (C=O) groups is 3. The predicted molar refractivity (Wildman–Crippen MR) is 35.0 cm³/mol. The van der Waals surface area contributed by atoms with Crippen molar-refractivity contribution in [1.29, 1.82) is 0 Å². The maximum atomic E-state index is 10.7. The Bertz CT molecular complexity index is 267. The van der Waals surface area contributed by atoms with E-state index in [4.69, 9.17) is 5.73 Å². The zero-order chi connectivity index (χ0) is 8.43. The predicted octanol–water partition coefficient (Wildman–Crippen LogP) is -1.56. The number of hydrogen-bond acceptors (Lipinski definition) is 3. The lowest BCUT2D eigenvalue weighted by atomic mass is 10.2. The molecule has 1 rings (SSSR count). The van der Waals surface area contributed by atoms with Gasteiger partial charge in [0, 0.05) is 11.6 Å². The first-order valence-electron chi connectivity index (χ1n) is 2.94. The van der Waals surface area contributed by atoms with Crippen LogP contribution in [0.25, 0.3) is 0 Å². The molecular formula is C6H6N2O3. The molecule has 0 aromatic carbocycles. The standard InChI is InChI=1S/C6H6N2O3/c7-4(9)1-3-2-5(10)8-6(3)11/h1H,2H2,(H2,7,9)(H,8,10,11). The summed E-state index contributed by atoms with van der Waals surface area (Å²) in [6.07, 6.45) is 0.905. The first-order chi connectivity index (χ1) is 5.09. The van der Waals surface area contributed by atoms with E-state index in [1.807, 2.05) is 5.32 Å². The normalized spacial score (nSPS) is 20.5. The second-order valence-electron chi connectivity index (χ2n) is 2.13. The van der Waals surface area contributed by atoms with E-state index in [-0.39, 0.29) is 12.0 Å². The Morgan fingerprint density at radius 3 is 2.55 bits per heavy atom. The van der Waals surface area contributed by atoms with Crippen LogP contribution in [0.1, 0.15) is 6.42 Å². The summed E-state index contributed by atoms with van der Waals surface area (Å²) in [6.45, 7) is 0. The van der Waals surface area contributed by atoms with E-state index in [0.717, 1.165) is 6.08 Å². The van der Waals surface area contributed by atoms with Gasteiger partial charge in [-0.05, 0) is 0 Å². The number of primary amides is 1. The van der Waals surface area contributed by atoms with Crippen LogP contribution in [-0.4, -0.2) is 17.7 Å². The first-order valence-corrected chi connectivity index (χ1v) is 2.94. The summed E-state index contributed by atoms with van der Waals surface area (Å²) in [5.74, 6) is -1.65. The van der Waals surface area contributed by atoms with Gasteiger partial charge >= 0.3 is 0 Å². The number of imide groups is 1. The lowest BCUT2D eigenvalue weighted by Gasteiger charge is -1.86. The van der Waals surface area contributed by atoms with Crippen LogP contribution >= 0.6 is 0 Å². The van der Waals surface area contributed by atoms with Crippen LogP contribution in [0, 0.1) is 0 Å². The summed E-state index contributed by atoms with van der Waals surface area (Å²) in [6, 6.07) is 0. The van der Waals surface area contributed by atoms with Crippen LogP contribution in [0.3, 0.4) is 0 Å². The van der Waals surface area contributed by atoms with Crippen molar-refractivity contribution in [1.82, 2.24) is 5.32 Å². The summed E-state index contributed by atoms with van der Waals surface area (Å²) >= 11 is 0. The van der Waals surface area contributed by atoms with Gasteiger partial charge in [0.1, 0.15) is 0 Å². The molecule has 1 fully saturated rings. The molecule has 0 aromatic heterocycles. The maximum Gasteiger partial charge on any atom is 0.254 e. The van der Waals surface area contributed by atoms with Gasteiger partial charge in [0.25, 0.3) is 5.91 Å². The van der Waals surface area contributed by atoms with Gasteiger partial charge in [-0.2, -0.15) is 0 Å². The molecule has 0 bridgehead atoms. The monoisotopic (exact) mass is 154 g/mol. The van der Waals surface area contributed by atoms with Crippen LogP contribution in [-0.2, 0) is 14.4 Å². The van der Waals surface area contributed by atoms with Gasteiger partial charge in [-0.1, -0.05) is 0 Å². The van der Waals surface area contributed by atoms with Gasteiger partial charge in [-0.3, -0.25) is 19.7 Å². The highest BCUT2D eigenvalue weighted by Crippen LogP contribution is 2.07. The average Bonchev–Trinajstić information content (AvgIpc) is 2.09. The number of amides is 3. The molecular weight excluding hydrogens is 148 g/mol. The Morgan fingerprint density at radius 1 is 1.55 bits per heavy atom. The Morgan fingerprint density at radius 2 is 2.18 bits per heavy atom. The average molecular weight is 154 g/mol. The molecule has 0 saturated carbocycles. The zero-order valence-corrected chi connectivity index (χ0v) is 5.59. The Labute approximate surface area is 62.2 Å². The molecule has 1 heterocycles. The van der Waals surface area contributed by atoms with Crippen molar-refractivity contribution in [3.8, 4) is 0 Å². The Balaban J connectivity index is 2.83. The fourth-order valence-electron chi connectivity index (χ4n) is 0.793. The highest BCUT2D eigenvalue weighted by molar-refractivity contribution is 6.15. The number of nitrogens with two attached hydrogens (primary N) is 1. The van der Waals surface area contributed by atoms with E-state index >= 15 is 0 Å². The highest BCUT2D eigenvalue weighted by Gasteiger charge is 2.23. The minimum atomic E-state index is -0.718. The molecule has 0 aliphatic carbocycles. The third-order valence-corrected chi connectivity index (χ3v) is 1.21. The molecule has 0 aromatic rings. The summed E-state index contributed by atoms with van der Waals surface area (Å²) in [5, 5.41) is 2.02. The molecule has 0 radical (unpaired) electrons. The van der Waals surface area contributed by atoms with E-state index in [1.165, 1.54) is 0 Å². The molecule has 0 atom stereocenters. The molecule has 11 heavy (non-hydrogen) atoms. The molecule has 5 nitrogen and oxygen atoms in total. The number of nitrogens with one attached hydrogen (secondary N) is 1. The van der Waals surface area contributed by atoms with Gasteiger partial charge < -0.3 is 5.73 Å². The van der Waals surface area contributed by atoms with Gasteiger partial charge in [-0.15, -0.1) is 0 Å². The lowest BCUT2D eigenvalue weighted by molar-refractivity contribution is -0.124. The fraction of sp³-hybridized carbons (Fsp3) is 0.167. The Kier molecular flexibility index (Phi) is 1.72. The van der Waals surface area contributed by atoms with Gasteiger partial charge in [0.2, 0.25) is 11.8 Å². The zero-order valence-electron chi connectivity index (χ0n) is 5.59. The Hall–Kier alpha value is -1.65. The molecule has 3 amide bonds. The molecule has 0 unspecified atom stereocenters. The minimum Gasteiger partial charge on any atom is -0.366 e. The fourth-order valence-corrected chi connectivity index (χ4v) is 0.793. The van der Waals surface area contributed by atoms with Crippen molar-refractivity contribution in [2.75, 3.05) is 0 Å². The molecule has 1 aliphatic rings. The quantitative estimate of drug-likeness (QED) is 0.353. The third-order valence-electron chi connectivity index (χ3n) is 1.21. The number of hydrogen-bond donors (Lipinski definition) is 2. The van der Waals surface area contributed by atoms with E-state index in [0.29, 0.717) is 0 Å². The van der Waals surface area contributed by atoms with Crippen molar-refractivity contribution in [2.24, 2.45) is 5.73 Å². The van der Waals surface area contributed by atoms with Crippen LogP contribution in [0.15, 0.2) is 11.6 Å².